The lowest BCUT2D eigenvalue weighted by molar-refractivity contribution is -0.134. The SMILES string of the molecule is COCC1CN(CC2CCOCC2)CC12CCN(C(=O)CN(C)C)CC2. The molecular weight excluding hydrogens is 330 g/mol. The van der Waals surface area contributed by atoms with Gasteiger partial charge in [0.1, 0.15) is 0 Å². The van der Waals surface area contributed by atoms with Crippen molar-refractivity contribution in [2.45, 2.75) is 25.7 Å². The van der Waals surface area contributed by atoms with E-state index >= 15 is 0 Å². The normalized spacial score (nSPS) is 27.5. The molecule has 1 unspecified atom stereocenters. The van der Waals surface area contributed by atoms with Gasteiger partial charge in [-0.2, -0.15) is 0 Å². The number of carbonyl (C=O) groups excluding carboxylic acids is 1. The van der Waals surface area contributed by atoms with Crippen LogP contribution in [0, 0.1) is 17.3 Å². The summed E-state index contributed by atoms with van der Waals surface area (Å²) in [5, 5.41) is 0. The van der Waals surface area contributed by atoms with Crippen LogP contribution < -0.4 is 0 Å². The zero-order valence-corrected chi connectivity index (χ0v) is 16.9. The van der Waals surface area contributed by atoms with E-state index in [0.29, 0.717) is 17.9 Å². The average molecular weight is 368 g/mol. The van der Waals surface area contributed by atoms with Crippen molar-refractivity contribution in [3.63, 3.8) is 0 Å². The van der Waals surface area contributed by atoms with Crippen molar-refractivity contribution < 1.29 is 14.3 Å². The van der Waals surface area contributed by atoms with Crippen LogP contribution >= 0.6 is 0 Å². The summed E-state index contributed by atoms with van der Waals surface area (Å²) in [6.07, 6.45) is 4.63. The first-order valence-electron chi connectivity index (χ1n) is 10.2. The molecular formula is C20H37N3O3. The monoisotopic (exact) mass is 367 g/mol. The number of likely N-dealkylation sites (tertiary alicyclic amines) is 2. The molecule has 6 heteroatoms. The fourth-order valence-electron chi connectivity index (χ4n) is 5.15. The molecule has 150 valence electrons. The van der Waals surface area contributed by atoms with Crippen LogP contribution in [0.1, 0.15) is 25.7 Å². The molecule has 0 aromatic carbocycles. The molecule has 6 nitrogen and oxygen atoms in total. The molecule has 0 N–H and O–H groups in total. The van der Waals surface area contributed by atoms with E-state index in [-0.39, 0.29) is 5.91 Å². The quantitative estimate of drug-likeness (QED) is 0.705. The van der Waals surface area contributed by atoms with E-state index in [0.717, 1.165) is 58.2 Å². The van der Waals surface area contributed by atoms with Crippen molar-refractivity contribution in [1.29, 1.82) is 0 Å². The molecule has 1 amide bonds. The summed E-state index contributed by atoms with van der Waals surface area (Å²) in [6.45, 7) is 8.54. The molecule has 0 saturated carbocycles. The smallest absolute Gasteiger partial charge is 0.236 e. The van der Waals surface area contributed by atoms with Crippen molar-refractivity contribution in [3.8, 4) is 0 Å². The number of piperidine rings is 1. The van der Waals surface area contributed by atoms with E-state index in [1.807, 2.05) is 26.1 Å². The van der Waals surface area contributed by atoms with Gasteiger partial charge in [-0.05, 0) is 51.1 Å². The van der Waals surface area contributed by atoms with E-state index in [4.69, 9.17) is 9.47 Å². The average Bonchev–Trinajstić information content (AvgIpc) is 2.93. The molecule has 0 bridgehead atoms. The summed E-state index contributed by atoms with van der Waals surface area (Å²) in [5.41, 5.74) is 0.329. The molecule has 3 aliphatic rings. The van der Waals surface area contributed by atoms with Gasteiger partial charge in [0, 0.05) is 59.0 Å². The molecule has 0 aliphatic carbocycles. The fourth-order valence-corrected chi connectivity index (χ4v) is 5.15. The third-order valence-electron chi connectivity index (χ3n) is 6.67. The third-order valence-corrected chi connectivity index (χ3v) is 6.67. The van der Waals surface area contributed by atoms with Crippen LogP contribution in [-0.4, -0.2) is 101 Å². The highest BCUT2D eigenvalue weighted by Gasteiger charge is 2.48. The lowest BCUT2D eigenvalue weighted by atomic mass is 9.71. The van der Waals surface area contributed by atoms with Gasteiger partial charge in [-0.3, -0.25) is 4.79 Å². The van der Waals surface area contributed by atoms with Crippen LogP contribution in [-0.2, 0) is 14.3 Å². The molecule has 3 saturated heterocycles. The highest BCUT2D eigenvalue weighted by atomic mass is 16.5. The zero-order chi connectivity index (χ0) is 18.6. The Hall–Kier alpha value is -0.690. The lowest BCUT2D eigenvalue weighted by Gasteiger charge is -2.43. The summed E-state index contributed by atoms with van der Waals surface area (Å²) in [4.78, 5) is 19.1. The molecule has 3 rings (SSSR count). The second-order valence-electron chi connectivity index (χ2n) is 8.88. The van der Waals surface area contributed by atoms with Crippen molar-refractivity contribution >= 4 is 5.91 Å². The number of likely N-dealkylation sites (N-methyl/N-ethyl adjacent to an activating group) is 1. The van der Waals surface area contributed by atoms with Gasteiger partial charge in [0.2, 0.25) is 5.91 Å². The second kappa shape index (κ2) is 9.00. The van der Waals surface area contributed by atoms with E-state index in [2.05, 4.69) is 9.80 Å². The number of ether oxygens (including phenoxy) is 2. The Kier molecular flexibility index (Phi) is 6.94. The standard InChI is InChI=1S/C20H37N3O3/c1-21(2)14-19(24)23-8-6-20(7-9-23)16-22(13-18(20)15-25-3)12-17-4-10-26-11-5-17/h17-18H,4-16H2,1-3H3. The van der Waals surface area contributed by atoms with Crippen LogP contribution in [0.15, 0.2) is 0 Å². The molecule has 3 heterocycles. The summed E-state index contributed by atoms with van der Waals surface area (Å²) in [5.74, 6) is 1.65. The Morgan fingerprint density at radius 2 is 1.92 bits per heavy atom. The van der Waals surface area contributed by atoms with Gasteiger partial charge in [0.25, 0.3) is 0 Å². The number of carbonyl (C=O) groups is 1. The van der Waals surface area contributed by atoms with Crippen molar-refractivity contribution in [2.24, 2.45) is 17.3 Å². The number of nitrogens with zero attached hydrogens (tertiary/aromatic N) is 3. The largest absolute Gasteiger partial charge is 0.384 e. The number of hydrogen-bond acceptors (Lipinski definition) is 5. The van der Waals surface area contributed by atoms with E-state index < -0.39 is 0 Å². The van der Waals surface area contributed by atoms with Crippen molar-refractivity contribution in [1.82, 2.24) is 14.7 Å². The predicted molar refractivity (Wildman–Crippen MR) is 102 cm³/mol. The number of methoxy groups -OCH3 is 1. The molecule has 1 atom stereocenters. The summed E-state index contributed by atoms with van der Waals surface area (Å²) >= 11 is 0. The summed E-state index contributed by atoms with van der Waals surface area (Å²) in [7, 11) is 5.75. The Bertz CT molecular complexity index is 457. The van der Waals surface area contributed by atoms with Crippen LogP contribution in [0.2, 0.25) is 0 Å². The molecule has 0 aromatic heterocycles. The maximum atomic E-state index is 12.4. The summed E-state index contributed by atoms with van der Waals surface area (Å²) in [6, 6.07) is 0. The minimum absolute atomic E-state index is 0.269. The topological polar surface area (TPSA) is 45.3 Å². The Labute approximate surface area is 158 Å². The van der Waals surface area contributed by atoms with E-state index in [1.165, 1.54) is 25.9 Å². The molecule has 0 radical (unpaired) electrons. The molecule has 26 heavy (non-hydrogen) atoms. The molecule has 1 spiro atoms. The Morgan fingerprint density at radius 1 is 1.23 bits per heavy atom. The minimum atomic E-state index is 0.269. The van der Waals surface area contributed by atoms with Gasteiger partial charge < -0.3 is 24.2 Å². The first-order valence-corrected chi connectivity index (χ1v) is 10.2. The van der Waals surface area contributed by atoms with Crippen molar-refractivity contribution in [3.05, 3.63) is 0 Å². The predicted octanol–water partition coefficient (Wildman–Crippen LogP) is 1.16. The Morgan fingerprint density at radius 3 is 2.54 bits per heavy atom. The van der Waals surface area contributed by atoms with Gasteiger partial charge in [-0.1, -0.05) is 0 Å². The zero-order valence-electron chi connectivity index (χ0n) is 16.9. The number of rotatable bonds is 6. The highest BCUT2D eigenvalue weighted by molar-refractivity contribution is 5.78. The van der Waals surface area contributed by atoms with Crippen molar-refractivity contribution in [2.75, 3.05) is 80.3 Å². The van der Waals surface area contributed by atoms with Gasteiger partial charge >= 0.3 is 0 Å². The minimum Gasteiger partial charge on any atom is -0.384 e. The Balaban J connectivity index is 1.57. The van der Waals surface area contributed by atoms with Gasteiger partial charge in [0.15, 0.2) is 0 Å². The van der Waals surface area contributed by atoms with Crippen LogP contribution in [0.5, 0.6) is 0 Å². The molecule has 3 aliphatic heterocycles. The summed E-state index contributed by atoms with van der Waals surface area (Å²) < 4.78 is 11.1. The highest BCUT2D eigenvalue weighted by Crippen LogP contribution is 2.45. The van der Waals surface area contributed by atoms with Gasteiger partial charge in [0.05, 0.1) is 13.2 Å². The van der Waals surface area contributed by atoms with Crippen LogP contribution in [0.3, 0.4) is 0 Å². The van der Waals surface area contributed by atoms with Gasteiger partial charge in [-0.15, -0.1) is 0 Å². The van der Waals surface area contributed by atoms with Crippen LogP contribution in [0.4, 0.5) is 0 Å². The second-order valence-corrected chi connectivity index (χ2v) is 8.88. The van der Waals surface area contributed by atoms with Crippen LogP contribution in [0.25, 0.3) is 0 Å². The van der Waals surface area contributed by atoms with E-state index in [9.17, 15) is 4.79 Å². The van der Waals surface area contributed by atoms with E-state index in [1.54, 1.807) is 0 Å². The third kappa shape index (κ3) is 4.77. The lowest BCUT2D eigenvalue weighted by Crippen LogP contribution is -2.49. The maximum Gasteiger partial charge on any atom is 0.236 e. The first-order chi connectivity index (χ1) is 12.5. The fraction of sp³-hybridized carbons (Fsp3) is 0.950. The maximum absolute atomic E-state index is 12.4. The number of amides is 1. The van der Waals surface area contributed by atoms with Gasteiger partial charge in [-0.25, -0.2) is 0 Å². The molecule has 0 aromatic rings. The molecule has 3 fully saturated rings. The number of hydrogen-bond donors (Lipinski definition) is 0. The first kappa shape index (κ1) is 20.1.